The number of ether oxygens (including phenoxy) is 2. The van der Waals surface area contributed by atoms with Crippen LogP contribution in [0.5, 0.6) is 11.5 Å². The molecule has 0 unspecified atom stereocenters. The van der Waals surface area contributed by atoms with Crippen molar-refractivity contribution in [2.45, 2.75) is 20.3 Å². The molecule has 3 rings (SSSR count). The minimum Gasteiger partial charge on any atom is -0.493 e. The summed E-state index contributed by atoms with van der Waals surface area (Å²) >= 11 is 0. The zero-order valence-electron chi connectivity index (χ0n) is 14.0. The average Bonchev–Trinajstić information content (AvgIpc) is 2.59. The van der Waals surface area contributed by atoms with Crippen molar-refractivity contribution in [3.05, 3.63) is 53.6 Å². The highest BCUT2D eigenvalue weighted by Gasteiger charge is 2.15. The Morgan fingerprint density at radius 1 is 0.957 bits per heavy atom. The molecule has 0 spiro atoms. The molecule has 1 heterocycles. The number of aromatic nitrogens is 1. The number of hydrogen-bond donors (Lipinski definition) is 0. The molecule has 0 fully saturated rings. The van der Waals surface area contributed by atoms with Gasteiger partial charge in [-0.1, -0.05) is 30.7 Å². The minimum atomic E-state index is 0.755. The van der Waals surface area contributed by atoms with Crippen LogP contribution in [0.2, 0.25) is 0 Å². The number of hydrogen-bond acceptors (Lipinski definition) is 3. The molecule has 0 saturated carbocycles. The Morgan fingerprint density at radius 3 is 2.39 bits per heavy atom. The van der Waals surface area contributed by atoms with Crippen molar-refractivity contribution in [3.8, 4) is 22.8 Å². The first-order valence-corrected chi connectivity index (χ1v) is 7.79. The SMILES string of the molecule is CCc1cc2nc(-c3cccc(C)c3)ccc2c(OC)c1OC. The van der Waals surface area contributed by atoms with E-state index in [1.807, 2.05) is 6.07 Å². The van der Waals surface area contributed by atoms with E-state index in [0.29, 0.717) is 0 Å². The molecule has 0 atom stereocenters. The van der Waals surface area contributed by atoms with Crippen LogP contribution in [0.3, 0.4) is 0 Å². The van der Waals surface area contributed by atoms with Gasteiger partial charge in [0.25, 0.3) is 0 Å². The van der Waals surface area contributed by atoms with E-state index in [1.54, 1.807) is 14.2 Å². The first-order chi connectivity index (χ1) is 11.2. The van der Waals surface area contributed by atoms with Crippen molar-refractivity contribution in [3.63, 3.8) is 0 Å². The molecular formula is C20H21NO2. The smallest absolute Gasteiger partial charge is 0.170 e. The van der Waals surface area contributed by atoms with Gasteiger partial charge < -0.3 is 9.47 Å². The van der Waals surface area contributed by atoms with Crippen LogP contribution < -0.4 is 9.47 Å². The molecule has 1 aromatic heterocycles. The highest BCUT2D eigenvalue weighted by molar-refractivity contribution is 5.91. The van der Waals surface area contributed by atoms with Gasteiger partial charge >= 0.3 is 0 Å². The summed E-state index contributed by atoms with van der Waals surface area (Å²) in [4.78, 5) is 4.84. The minimum absolute atomic E-state index is 0.755. The Bertz CT molecular complexity index is 856. The van der Waals surface area contributed by atoms with Gasteiger partial charge in [-0.3, -0.25) is 0 Å². The van der Waals surface area contributed by atoms with Gasteiger partial charge in [-0.25, -0.2) is 4.98 Å². The molecule has 0 amide bonds. The zero-order chi connectivity index (χ0) is 16.4. The van der Waals surface area contributed by atoms with Crippen LogP contribution in [0.15, 0.2) is 42.5 Å². The molecule has 0 bridgehead atoms. The Morgan fingerprint density at radius 2 is 1.74 bits per heavy atom. The lowest BCUT2D eigenvalue weighted by atomic mass is 10.0. The molecule has 0 saturated heterocycles. The van der Waals surface area contributed by atoms with Gasteiger partial charge in [-0.15, -0.1) is 0 Å². The summed E-state index contributed by atoms with van der Waals surface area (Å²) in [7, 11) is 3.35. The second-order valence-corrected chi connectivity index (χ2v) is 5.59. The van der Waals surface area contributed by atoms with E-state index in [-0.39, 0.29) is 0 Å². The Balaban J connectivity index is 2.24. The lowest BCUT2D eigenvalue weighted by molar-refractivity contribution is 0.355. The first-order valence-electron chi connectivity index (χ1n) is 7.79. The molecule has 0 N–H and O–H groups in total. The van der Waals surface area contributed by atoms with Crippen LogP contribution in [0.4, 0.5) is 0 Å². The van der Waals surface area contributed by atoms with Crippen molar-refractivity contribution in [1.29, 1.82) is 0 Å². The second-order valence-electron chi connectivity index (χ2n) is 5.59. The van der Waals surface area contributed by atoms with Crippen LogP contribution in [0, 0.1) is 6.92 Å². The molecule has 0 aliphatic rings. The quantitative estimate of drug-likeness (QED) is 0.694. The van der Waals surface area contributed by atoms with Crippen LogP contribution in [-0.4, -0.2) is 19.2 Å². The number of rotatable bonds is 4. The number of nitrogens with zero attached hydrogens (tertiary/aromatic N) is 1. The summed E-state index contributed by atoms with van der Waals surface area (Å²) in [6, 6.07) is 14.6. The predicted molar refractivity (Wildman–Crippen MR) is 94.4 cm³/mol. The van der Waals surface area contributed by atoms with Crippen molar-refractivity contribution >= 4 is 10.9 Å². The van der Waals surface area contributed by atoms with Gasteiger partial charge in [0.2, 0.25) is 0 Å². The fourth-order valence-corrected chi connectivity index (χ4v) is 2.93. The standard InChI is InChI=1S/C20H21NO2/c1-5-14-12-18-16(20(23-4)19(14)22-3)9-10-17(21-18)15-8-6-7-13(2)11-15/h6-12H,5H2,1-4H3. The third-order valence-corrected chi connectivity index (χ3v) is 4.08. The lowest BCUT2D eigenvalue weighted by Crippen LogP contribution is -1.98. The van der Waals surface area contributed by atoms with Gasteiger partial charge in [0, 0.05) is 10.9 Å². The monoisotopic (exact) mass is 307 g/mol. The molecule has 3 aromatic rings. The third-order valence-electron chi connectivity index (χ3n) is 4.08. The maximum Gasteiger partial charge on any atom is 0.170 e. The first kappa shape index (κ1) is 15.3. The van der Waals surface area contributed by atoms with Crippen LogP contribution in [0.1, 0.15) is 18.1 Å². The highest BCUT2D eigenvalue weighted by atomic mass is 16.5. The molecule has 3 heteroatoms. The Labute approximate surface area is 136 Å². The molecule has 23 heavy (non-hydrogen) atoms. The number of aryl methyl sites for hydroxylation is 2. The average molecular weight is 307 g/mol. The van der Waals surface area contributed by atoms with Crippen molar-refractivity contribution in [1.82, 2.24) is 4.98 Å². The molecule has 0 radical (unpaired) electrons. The van der Waals surface area contributed by atoms with Crippen molar-refractivity contribution < 1.29 is 9.47 Å². The van der Waals surface area contributed by atoms with Crippen LogP contribution >= 0.6 is 0 Å². The molecular weight excluding hydrogens is 286 g/mol. The van der Waals surface area contributed by atoms with Crippen LogP contribution in [-0.2, 0) is 6.42 Å². The summed E-state index contributed by atoms with van der Waals surface area (Å²) in [5, 5.41) is 0.970. The van der Waals surface area contributed by atoms with E-state index >= 15 is 0 Å². The summed E-state index contributed by atoms with van der Waals surface area (Å²) in [6.07, 6.45) is 0.867. The highest BCUT2D eigenvalue weighted by Crippen LogP contribution is 2.39. The van der Waals surface area contributed by atoms with Crippen molar-refractivity contribution in [2.24, 2.45) is 0 Å². The molecule has 0 aliphatic heterocycles. The third kappa shape index (κ3) is 2.74. The van der Waals surface area contributed by atoms with E-state index < -0.39 is 0 Å². The van der Waals surface area contributed by atoms with E-state index in [0.717, 1.165) is 45.6 Å². The zero-order valence-corrected chi connectivity index (χ0v) is 14.0. The summed E-state index contributed by atoms with van der Waals surface area (Å²) in [5.74, 6) is 1.55. The lowest BCUT2D eigenvalue weighted by Gasteiger charge is -2.15. The number of pyridine rings is 1. The van der Waals surface area contributed by atoms with E-state index in [1.165, 1.54) is 5.56 Å². The largest absolute Gasteiger partial charge is 0.493 e. The predicted octanol–water partition coefficient (Wildman–Crippen LogP) is 4.79. The number of fused-ring (bicyclic) bond motifs is 1. The van der Waals surface area contributed by atoms with Crippen molar-refractivity contribution in [2.75, 3.05) is 14.2 Å². The molecule has 2 aromatic carbocycles. The Kier molecular flexibility index (Phi) is 4.20. The summed E-state index contributed by atoms with van der Waals surface area (Å²) in [5.41, 5.74) is 5.35. The van der Waals surface area contributed by atoms with Gasteiger partial charge in [0.1, 0.15) is 0 Å². The summed E-state index contributed by atoms with van der Waals surface area (Å²) in [6.45, 7) is 4.20. The maximum atomic E-state index is 5.59. The van der Waals surface area contributed by atoms with E-state index in [4.69, 9.17) is 14.5 Å². The number of methoxy groups -OCH3 is 2. The fourth-order valence-electron chi connectivity index (χ4n) is 2.93. The van der Waals surface area contributed by atoms with Gasteiger partial charge in [-0.05, 0) is 43.2 Å². The normalized spacial score (nSPS) is 10.8. The number of benzene rings is 2. The molecule has 118 valence electrons. The second kappa shape index (κ2) is 6.29. The van der Waals surface area contributed by atoms with E-state index in [2.05, 4.69) is 50.2 Å². The fraction of sp³-hybridized carbons (Fsp3) is 0.250. The van der Waals surface area contributed by atoms with Gasteiger partial charge in [-0.2, -0.15) is 0 Å². The summed E-state index contributed by atoms with van der Waals surface area (Å²) < 4.78 is 11.1. The van der Waals surface area contributed by atoms with Crippen LogP contribution in [0.25, 0.3) is 22.2 Å². The molecule has 3 nitrogen and oxygen atoms in total. The van der Waals surface area contributed by atoms with Gasteiger partial charge in [0.05, 0.1) is 25.4 Å². The van der Waals surface area contributed by atoms with Gasteiger partial charge in [0.15, 0.2) is 11.5 Å². The maximum absolute atomic E-state index is 5.59. The Hall–Kier alpha value is -2.55. The van der Waals surface area contributed by atoms with E-state index in [9.17, 15) is 0 Å². The molecule has 0 aliphatic carbocycles. The topological polar surface area (TPSA) is 31.4 Å².